The SMILES string of the molecule is O=S(=O)(c1ccc(Br)cc1Cl)N(CCCO)C1CCC1. The molecule has 0 unspecified atom stereocenters. The molecule has 1 fully saturated rings. The average Bonchev–Trinajstić information content (AvgIpc) is 2.31. The average molecular weight is 383 g/mol. The molecule has 2 rings (SSSR count). The molecule has 0 amide bonds. The zero-order valence-corrected chi connectivity index (χ0v) is 14.1. The van der Waals surface area contributed by atoms with Crippen LogP contribution in [-0.2, 0) is 10.0 Å². The summed E-state index contributed by atoms with van der Waals surface area (Å²) in [6.45, 7) is 0.308. The Balaban J connectivity index is 2.33. The van der Waals surface area contributed by atoms with Crippen molar-refractivity contribution in [2.24, 2.45) is 0 Å². The van der Waals surface area contributed by atoms with E-state index in [1.54, 1.807) is 12.1 Å². The third kappa shape index (κ3) is 3.36. The van der Waals surface area contributed by atoms with Gasteiger partial charge in [0, 0.05) is 23.7 Å². The monoisotopic (exact) mass is 381 g/mol. The van der Waals surface area contributed by atoms with Crippen LogP contribution in [0.4, 0.5) is 0 Å². The third-order valence-corrected chi connectivity index (χ3v) is 6.43. The van der Waals surface area contributed by atoms with E-state index in [9.17, 15) is 8.42 Å². The van der Waals surface area contributed by atoms with Crippen molar-refractivity contribution in [3.8, 4) is 0 Å². The number of hydrogen-bond acceptors (Lipinski definition) is 3. The third-order valence-electron chi connectivity index (χ3n) is 3.50. The summed E-state index contributed by atoms with van der Waals surface area (Å²) in [4.78, 5) is 0.132. The number of hydrogen-bond donors (Lipinski definition) is 1. The van der Waals surface area contributed by atoms with Gasteiger partial charge in [-0.2, -0.15) is 4.31 Å². The first-order chi connectivity index (χ1) is 9.46. The molecule has 4 nitrogen and oxygen atoms in total. The lowest BCUT2D eigenvalue weighted by Gasteiger charge is -2.36. The van der Waals surface area contributed by atoms with Crippen molar-refractivity contribution < 1.29 is 13.5 Å². The Kier molecular flexibility index (Phi) is 5.48. The molecule has 1 saturated carbocycles. The second kappa shape index (κ2) is 6.75. The number of halogens is 2. The van der Waals surface area contributed by atoms with E-state index in [1.807, 2.05) is 0 Å². The maximum atomic E-state index is 12.7. The summed E-state index contributed by atoms with van der Waals surface area (Å²) in [6.07, 6.45) is 3.23. The first-order valence-corrected chi connectivity index (χ1v) is 9.15. The van der Waals surface area contributed by atoms with E-state index in [4.69, 9.17) is 16.7 Å². The molecular weight excluding hydrogens is 366 g/mol. The molecule has 7 heteroatoms. The van der Waals surface area contributed by atoms with Gasteiger partial charge in [0.25, 0.3) is 0 Å². The topological polar surface area (TPSA) is 57.6 Å². The van der Waals surface area contributed by atoms with Crippen molar-refractivity contribution in [2.45, 2.75) is 36.6 Å². The van der Waals surface area contributed by atoms with Crippen molar-refractivity contribution >= 4 is 37.6 Å². The molecule has 1 aliphatic carbocycles. The van der Waals surface area contributed by atoms with Crippen LogP contribution >= 0.6 is 27.5 Å². The Labute approximate surface area is 132 Å². The highest BCUT2D eigenvalue weighted by Crippen LogP contribution is 2.33. The van der Waals surface area contributed by atoms with Crippen molar-refractivity contribution in [1.82, 2.24) is 4.31 Å². The van der Waals surface area contributed by atoms with Crippen molar-refractivity contribution in [3.63, 3.8) is 0 Å². The van der Waals surface area contributed by atoms with E-state index in [2.05, 4.69) is 15.9 Å². The van der Waals surface area contributed by atoms with Crippen molar-refractivity contribution in [1.29, 1.82) is 0 Å². The molecule has 0 bridgehead atoms. The largest absolute Gasteiger partial charge is 0.396 e. The van der Waals surface area contributed by atoms with E-state index in [1.165, 1.54) is 10.4 Å². The zero-order chi connectivity index (χ0) is 14.8. The highest BCUT2D eigenvalue weighted by molar-refractivity contribution is 9.10. The molecule has 1 N–H and O–H groups in total. The first kappa shape index (κ1) is 16.2. The molecule has 20 heavy (non-hydrogen) atoms. The van der Waals surface area contributed by atoms with Gasteiger partial charge in [-0.3, -0.25) is 0 Å². The van der Waals surface area contributed by atoms with E-state index in [0.29, 0.717) is 13.0 Å². The van der Waals surface area contributed by atoms with Crippen molar-refractivity contribution in [2.75, 3.05) is 13.2 Å². The van der Waals surface area contributed by atoms with E-state index in [0.717, 1.165) is 23.7 Å². The molecule has 1 aliphatic rings. The predicted molar refractivity (Wildman–Crippen MR) is 82.4 cm³/mol. The molecule has 0 atom stereocenters. The first-order valence-electron chi connectivity index (χ1n) is 6.54. The quantitative estimate of drug-likeness (QED) is 0.823. The Morgan fingerprint density at radius 2 is 2.10 bits per heavy atom. The molecule has 0 saturated heterocycles. The summed E-state index contributed by atoms with van der Waals surface area (Å²) in [5.41, 5.74) is 0. The number of nitrogens with zero attached hydrogens (tertiary/aromatic N) is 1. The van der Waals surface area contributed by atoms with Crippen LogP contribution in [-0.4, -0.2) is 37.0 Å². The van der Waals surface area contributed by atoms with Crippen LogP contribution in [0.15, 0.2) is 27.6 Å². The smallest absolute Gasteiger partial charge is 0.244 e. The van der Waals surface area contributed by atoms with Crippen LogP contribution in [0.5, 0.6) is 0 Å². The summed E-state index contributed by atoms with van der Waals surface area (Å²) >= 11 is 9.34. The lowest BCUT2D eigenvalue weighted by atomic mass is 9.93. The van der Waals surface area contributed by atoms with Crippen LogP contribution < -0.4 is 0 Å². The normalized spacial score (nSPS) is 16.4. The minimum absolute atomic E-state index is 0.0210. The van der Waals surface area contributed by atoms with Gasteiger partial charge in [0.1, 0.15) is 4.90 Å². The zero-order valence-electron chi connectivity index (χ0n) is 10.9. The second-order valence-corrected chi connectivity index (χ2v) is 8.03. The fraction of sp³-hybridized carbons (Fsp3) is 0.538. The molecule has 112 valence electrons. The Hall–Kier alpha value is -0.140. The molecule has 0 aliphatic heterocycles. The van der Waals surface area contributed by atoms with Crippen LogP contribution in [0.3, 0.4) is 0 Å². The molecule has 0 aromatic heterocycles. The van der Waals surface area contributed by atoms with Crippen molar-refractivity contribution in [3.05, 3.63) is 27.7 Å². The number of rotatable bonds is 6. The van der Waals surface area contributed by atoms with Gasteiger partial charge in [0.05, 0.1) is 5.02 Å². The Bertz CT molecular complexity index is 575. The van der Waals surface area contributed by atoms with Crippen LogP contribution in [0.1, 0.15) is 25.7 Å². The Morgan fingerprint density at radius 1 is 1.40 bits per heavy atom. The van der Waals surface area contributed by atoms with E-state index >= 15 is 0 Å². The highest BCUT2D eigenvalue weighted by Gasteiger charge is 2.35. The van der Waals surface area contributed by atoms with Gasteiger partial charge < -0.3 is 5.11 Å². The van der Waals surface area contributed by atoms with E-state index in [-0.39, 0.29) is 22.6 Å². The molecular formula is C13H17BrClNO3S. The minimum atomic E-state index is -3.61. The maximum absolute atomic E-state index is 12.7. The summed E-state index contributed by atoms with van der Waals surface area (Å²) < 4.78 is 27.7. The fourth-order valence-electron chi connectivity index (χ4n) is 2.21. The van der Waals surface area contributed by atoms with E-state index < -0.39 is 10.0 Å². The standard InChI is InChI=1S/C13H17BrClNO3S/c14-10-5-6-13(12(15)9-10)20(18,19)16(7-2-8-17)11-3-1-4-11/h5-6,9,11,17H,1-4,7-8H2. The molecule has 0 radical (unpaired) electrons. The summed E-state index contributed by atoms with van der Waals surface area (Å²) in [6, 6.07) is 4.81. The summed E-state index contributed by atoms with van der Waals surface area (Å²) in [5, 5.41) is 9.18. The number of sulfonamides is 1. The van der Waals surface area contributed by atoms with Gasteiger partial charge in [-0.15, -0.1) is 0 Å². The van der Waals surface area contributed by atoms with Gasteiger partial charge in [0.15, 0.2) is 0 Å². The van der Waals surface area contributed by atoms with Gasteiger partial charge >= 0.3 is 0 Å². The number of benzene rings is 1. The van der Waals surface area contributed by atoms with Crippen LogP contribution in [0, 0.1) is 0 Å². The van der Waals surface area contributed by atoms with Gasteiger partial charge in [-0.25, -0.2) is 8.42 Å². The Morgan fingerprint density at radius 3 is 2.60 bits per heavy atom. The number of aliphatic hydroxyl groups excluding tert-OH is 1. The van der Waals surface area contributed by atoms with Gasteiger partial charge in [-0.05, 0) is 37.5 Å². The lowest BCUT2D eigenvalue weighted by Crippen LogP contribution is -2.44. The molecule has 1 aromatic carbocycles. The van der Waals surface area contributed by atoms with Crippen LogP contribution in [0.25, 0.3) is 0 Å². The van der Waals surface area contributed by atoms with Crippen LogP contribution in [0.2, 0.25) is 5.02 Å². The lowest BCUT2D eigenvalue weighted by molar-refractivity contribution is 0.198. The second-order valence-electron chi connectivity index (χ2n) is 4.85. The molecule has 0 heterocycles. The van der Waals surface area contributed by atoms with Gasteiger partial charge in [0.2, 0.25) is 10.0 Å². The number of aliphatic hydroxyl groups is 1. The maximum Gasteiger partial charge on any atom is 0.244 e. The molecule has 1 aromatic rings. The molecule has 0 spiro atoms. The van der Waals surface area contributed by atoms with Gasteiger partial charge in [-0.1, -0.05) is 34.0 Å². The predicted octanol–water partition coefficient (Wildman–Crippen LogP) is 3.03. The minimum Gasteiger partial charge on any atom is -0.396 e. The highest BCUT2D eigenvalue weighted by atomic mass is 79.9. The summed E-state index contributed by atoms with van der Waals surface area (Å²) in [5.74, 6) is 0. The summed E-state index contributed by atoms with van der Waals surface area (Å²) in [7, 11) is -3.61. The fourth-order valence-corrected chi connectivity index (χ4v) is 4.95.